The van der Waals surface area contributed by atoms with E-state index in [4.69, 9.17) is 21.6 Å². The third-order valence-corrected chi connectivity index (χ3v) is 3.45. The second-order valence-corrected chi connectivity index (χ2v) is 6.00. The van der Waals surface area contributed by atoms with Crippen LogP contribution in [0.2, 0.25) is 0 Å². The van der Waals surface area contributed by atoms with Crippen LogP contribution >= 0.6 is 11.6 Å². The van der Waals surface area contributed by atoms with E-state index in [-0.39, 0.29) is 21.9 Å². The highest BCUT2D eigenvalue weighted by Crippen LogP contribution is 2.26. The predicted molar refractivity (Wildman–Crippen MR) is 94.1 cm³/mol. The summed E-state index contributed by atoms with van der Waals surface area (Å²) in [5.74, 6) is -0.611. The molecular weight excluding hydrogens is 312 g/mol. The number of nitrogens with zero attached hydrogens (tertiary/aromatic N) is 2. The molecule has 5 heteroatoms. The highest BCUT2D eigenvalue weighted by atomic mass is 35.5. The second kappa shape index (κ2) is 9.84. The Morgan fingerprint density at radius 3 is 2.52 bits per heavy atom. The Morgan fingerprint density at radius 2 is 2.09 bits per heavy atom. The minimum absolute atomic E-state index is 0.0487. The van der Waals surface area contributed by atoms with Gasteiger partial charge in [-0.15, -0.1) is 5.73 Å². The fourth-order valence-corrected chi connectivity index (χ4v) is 2.03. The van der Waals surface area contributed by atoms with Gasteiger partial charge in [0.05, 0.1) is 12.7 Å². The average molecular weight is 335 g/mol. The lowest BCUT2D eigenvalue weighted by Gasteiger charge is -2.18. The summed E-state index contributed by atoms with van der Waals surface area (Å²) in [6.07, 6.45) is 5.46. The Labute approximate surface area is 143 Å². The van der Waals surface area contributed by atoms with Crippen LogP contribution in [0.15, 0.2) is 45.8 Å². The number of esters is 1. The van der Waals surface area contributed by atoms with Gasteiger partial charge >= 0.3 is 5.97 Å². The number of hydrogen-bond donors (Lipinski definition) is 0. The second-order valence-electron chi connectivity index (χ2n) is 5.64. The zero-order valence-electron chi connectivity index (χ0n) is 14.4. The molecule has 0 radical (unpaired) electrons. The number of rotatable bonds is 7. The van der Waals surface area contributed by atoms with Crippen LogP contribution in [0.5, 0.6) is 0 Å². The highest BCUT2D eigenvalue weighted by Gasteiger charge is 2.17. The van der Waals surface area contributed by atoms with Gasteiger partial charge in [0.15, 0.2) is 5.71 Å². The van der Waals surface area contributed by atoms with E-state index in [1.807, 2.05) is 12.1 Å². The lowest BCUT2D eigenvalue weighted by Crippen LogP contribution is -2.09. The van der Waals surface area contributed by atoms with Gasteiger partial charge in [-0.2, -0.15) is 5.26 Å². The summed E-state index contributed by atoms with van der Waals surface area (Å²) in [7, 11) is 1.27. The Bertz CT molecular complexity index is 628. The van der Waals surface area contributed by atoms with E-state index in [9.17, 15) is 4.79 Å². The molecule has 4 nitrogen and oxygen atoms in total. The van der Waals surface area contributed by atoms with E-state index in [1.54, 1.807) is 13.0 Å². The van der Waals surface area contributed by atoms with Gasteiger partial charge in [-0.25, -0.2) is 9.79 Å². The zero-order valence-corrected chi connectivity index (χ0v) is 15.1. The lowest BCUT2D eigenvalue weighted by atomic mass is 9.87. The summed E-state index contributed by atoms with van der Waals surface area (Å²) < 4.78 is 4.74. The topological polar surface area (TPSA) is 62.5 Å². The maximum Gasteiger partial charge on any atom is 0.340 e. The summed E-state index contributed by atoms with van der Waals surface area (Å²) in [6.45, 7) is 11.3. The van der Waals surface area contributed by atoms with E-state index >= 15 is 0 Å². The van der Waals surface area contributed by atoms with Crippen molar-refractivity contribution in [3.05, 3.63) is 40.8 Å². The van der Waals surface area contributed by atoms with Crippen molar-refractivity contribution < 1.29 is 9.53 Å². The molecule has 0 aromatic carbocycles. The van der Waals surface area contributed by atoms with Crippen molar-refractivity contribution in [2.45, 2.75) is 40.5 Å². The van der Waals surface area contributed by atoms with Crippen LogP contribution in [-0.2, 0) is 9.53 Å². The molecule has 0 unspecified atom stereocenters. The third kappa shape index (κ3) is 7.15. The monoisotopic (exact) mass is 334 g/mol. The smallest absolute Gasteiger partial charge is 0.340 e. The molecule has 0 spiro atoms. The number of methoxy groups -OCH3 is 1. The van der Waals surface area contributed by atoms with Gasteiger partial charge in [-0.1, -0.05) is 51.4 Å². The van der Waals surface area contributed by atoms with Crippen molar-refractivity contribution in [1.29, 1.82) is 5.26 Å². The van der Waals surface area contributed by atoms with E-state index in [1.165, 1.54) is 7.11 Å². The van der Waals surface area contributed by atoms with Gasteiger partial charge in [-0.3, -0.25) is 0 Å². The van der Waals surface area contributed by atoms with Crippen LogP contribution in [0.4, 0.5) is 0 Å². The van der Waals surface area contributed by atoms with E-state index in [0.717, 1.165) is 12.8 Å². The summed E-state index contributed by atoms with van der Waals surface area (Å²) in [5, 5.41) is 8.99. The molecule has 0 atom stereocenters. The van der Waals surface area contributed by atoms with Crippen LogP contribution in [0.3, 0.4) is 0 Å². The Kier molecular flexibility index (Phi) is 8.95. The van der Waals surface area contributed by atoms with Crippen LogP contribution < -0.4 is 0 Å². The summed E-state index contributed by atoms with van der Waals surface area (Å²) in [5.41, 5.74) is 3.08. The summed E-state index contributed by atoms with van der Waals surface area (Å²) >= 11 is 6.13. The minimum Gasteiger partial charge on any atom is -0.465 e. The van der Waals surface area contributed by atoms with Crippen LogP contribution in [-0.4, -0.2) is 18.8 Å². The fraction of sp³-hybridized carbons (Fsp3) is 0.444. The van der Waals surface area contributed by atoms with Gasteiger partial charge < -0.3 is 4.74 Å². The molecule has 23 heavy (non-hydrogen) atoms. The van der Waals surface area contributed by atoms with Crippen LogP contribution in [0.1, 0.15) is 40.5 Å². The molecule has 0 aromatic heterocycles. The number of hydrogen-bond acceptors (Lipinski definition) is 4. The zero-order chi connectivity index (χ0) is 18.0. The standard InChI is InChI=1S/C18H23ClN2O2/c1-7-10-18(4,5)11-9-14(17(22)23-6)16(19)21-15(12-20)13(3)8-2/h9,11H,2,7,10H2,1,3-6H3. The molecule has 0 aliphatic carbocycles. The van der Waals surface area contributed by atoms with Gasteiger partial charge in [0.1, 0.15) is 11.2 Å². The first-order chi connectivity index (χ1) is 10.7. The molecule has 0 heterocycles. The quantitative estimate of drug-likeness (QED) is 0.169. The van der Waals surface area contributed by atoms with Gasteiger partial charge in [0.2, 0.25) is 0 Å². The Balaban J connectivity index is 5.94. The Morgan fingerprint density at radius 1 is 1.48 bits per heavy atom. The first-order valence-corrected chi connectivity index (χ1v) is 7.63. The number of carbonyl (C=O) groups excluding carboxylic acids is 1. The molecule has 0 aromatic rings. The molecule has 0 N–H and O–H groups in total. The van der Waals surface area contributed by atoms with Gasteiger partial charge in [-0.05, 0) is 24.8 Å². The largest absolute Gasteiger partial charge is 0.465 e. The van der Waals surface area contributed by atoms with Gasteiger partial charge in [0, 0.05) is 5.57 Å². The first-order valence-electron chi connectivity index (χ1n) is 7.25. The number of nitriles is 1. The van der Waals surface area contributed by atoms with Crippen molar-refractivity contribution in [3.63, 3.8) is 0 Å². The summed E-state index contributed by atoms with van der Waals surface area (Å²) in [6, 6.07) is 1.90. The van der Waals surface area contributed by atoms with E-state index in [2.05, 4.69) is 38.1 Å². The lowest BCUT2D eigenvalue weighted by molar-refractivity contribution is -0.135. The molecular formula is C18H23ClN2O2. The van der Waals surface area contributed by atoms with Crippen molar-refractivity contribution in [2.75, 3.05) is 7.11 Å². The molecule has 0 saturated carbocycles. The maximum atomic E-state index is 11.9. The predicted octanol–water partition coefficient (Wildman–Crippen LogP) is 4.69. The SMILES string of the molecule is C=C=C(C)C(C#N)=NC(Cl)=C(C=CC(C)(C)CCC)C(=O)OC. The third-order valence-electron chi connectivity index (χ3n) is 3.16. The normalized spacial score (nSPS) is 13.2. The molecule has 124 valence electrons. The van der Waals surface area contributed by atoms with Crippen molar-refractivity contribution in [2.24, 2.45) is 10.4 Å². The van der Waals surface area contributed by atoms with Crippen molar-refractivity contribution in [3.8, 4) is 6.07 Å². The number of ether oxygens (including phenoxy) is 1. The van der Waals surface area contributed by atoms with Gasteiger partial charge in [0.25, 0.3) is 0 Å². The van der Waals surface area contributed by atoms with Crippen molar-refractivity contribution >= 4 is 23.3 Å². The molecule has 0 rings (SSSR count). The maximum absolute atomic E-state index is 11.9. The number of halogens is 1. The molecule has 0 amide bonds. The molecule has 0 bridgehead atoms. The average Bonchev–Trinajstić information content (AvgIpc) is 2.51. The number of allylic oxidation sites excluding steroid dienone is 2. The highest BCUT2D eigenvalue weighted by molar-refractivity contribution is 6.33. The molecule has 0 fully saturated rings. The van der Waals surface area contributed by atoms with Crippen LogP contribution in [0, 0.1) is 16.7 Å². The minimum atomic E-state index is -0.611. The summed E-state index contributed by atoms with van der Waals surface area (Å²) in [4.78, 5) is 15.9. The number of aliphatic imine (C=N–C) groups is 1. The number of carbonyl (C=O) groups is 1. The first kappa shape index (κ1) is 20.9. The van der Waals surface area contributed by atoms with E-state index < -0.39 is 5.97 Å². The van der Waals surface area contributed by atoms with Crippen LogP contribution in [0.25, 0.3) is 0 Å². The Hall–Kier alpha value is -2.08. The van der Waals surface area contributed by atoms with Crippen molar-refractivity contribution in [1.82, 2.24) is 0 Å². The van der Waals surface area contributed by atoms with E-state index in [0.29, 0.717) is 5.57 Å². The molecule has 0 aliphatic rings. The molecule has 0 saturated heterocycles. The molecule has 0 aliphatic heterocycles. The fourth-order valence-electron chi connectivity index (χ4n) is 1.80.